The van der Waals surface area contributed by atoms with Crippen molar-refractivity contribution < 1.29 is 22.3 Å². The van der Waals surface area contributed by atoms with Crippen LogP contribution in [0, 0.1) is 24.6 Å². The Morgan fingerprint density at radius 2 is 2.15 bits per heavy atom. The van der Waals surface area contributed by atoms with Gasteiger partial charge in [-0.3, -0.25) is 0 Å². The third-order valence-electron chi connectivity index (χ3n) is 5.19. The van der Waals surface area contributed by atoms with Gasteiger partial charge >= 0.3 is 0 Å². The van der Waals surface area contributed by atoms with Crippen LogP contribution in [0.2, 0.25) is 0 Å². The molecule has 3 heterocycles. The SMILES string of the molecule is Cc1cccc(OC[C@@H]2CN(S(C)(=O)=O)[C@H]3c4cc(F)ccc4OC[C@@H]23)n1. The molecule has 2 aliphatic rings. The molecule has 2 aromatic rings. The Hall–Kier alpha value is -2.19. The summed E-state index contributed by atoms with van der Waals surface area (Å²) in [6.45, 7) is 2.87. The standard InChI is InChI=1S/C19H21FN2O4S/c1-12-4-3-5-18(21-12)26-10-13-9-22(27(2,23)24)19-15-8-14(20)6-7-17(15)25-11-16(13)19/h3-8,13,16,19H,9-11H2,1-2H3/t13-,16-,19-/m0/s1. The summed E-state index contributed by atoms with van der Waals surface area (Å²) in [6.07, 6.45) is 1.18. The smallest absolute Gasteiger partial charge is 0.213 e. The van der Waals surface area contributed by atoms with Gasteiger partial charge in [0.25, 0.3) is 0 Å². The highest BCUT2D eigenvalue weighted by Gasteiger charge is 2.50. The first kappa shape index (κ1) is 18.2. The Morgan fingerprint density at radius 1 is 1.33 bits per heavy atom. The lowest BCUT2D eigenvalue weighted by Gasteiger charge is -2.33. The molecule has 8 heteroatoms. The summed E-state index contributed by atoms with van der Waals surface area (Å²) < 4.78 is 51.7. The van der Waals surface area contributed by atoms with Crippen LogP contribution in [0.1, 0.15) is 17.3 Å². The van der Waals surface area contributed by atoms with Crippen LogP contribution in [0.4, 0.5) is 4.39 Å². The Morgan fingerprint density at radius 3 is 2.89 bits per heavy atom. The fourth-order valence-electron chi connectivity index (χ4n) is 3.94. The van der Waals surface area contributed by atoms with Gasteiger partial charge in [-0.1, -0.05) is 6.07 Å². The molecule has 0 radical (unpaired) electrons. The minimum absolute atomic E-state index is 0.0801. The van der Waals surface area contributed by atoms with Gasteiger partial charge in [0, 0.05) is 35.7 Å². The van der Waals surface area contributed by atoms with E-state index < -0.39 is 21.9 Å². The molecule has 0 spiro atoms. The molecule has 1 saturated heterocycles. The Kier molecular flexibility index (Phi) is 4.55. The number of pyridine rings is 1. The summed E-state index contributed by atoms with van der Waals surface area (Å²) in [5, 5.41) is 0. The molecule has 6 nitrogen and oxygen atoms in total. The first-order valence-electron chi connectivity index (χ1n) is 8.78. The van der Waals surface area contributed by atoms with E-state index in [9.17, 15) is 12.8 Å². The summed E-state index contributed by atoms with van der Waals surface area (Å²) in [4.78, 5) is 4.32. The van der Waals surface area contributed by atoms with Crippen molar-refractivity contribution in [3.63, 3.8) is 0 Å². The number of sulfonamides is 1. The first-order chi connectivity index (χ1) is 12.8. The zero-order valence-corrected chi connectivity index (χ0v) is 15.9. The van der Waals surface area contributed by atoms with Crippen LogP contribution >= 0.6 is 0 Å². The molecule has 0 aliphatic carbocycles. The maximum Gasteiger partial charge on any atom is 0.213 e. The van der Waals surface area contributed by atoms with Gasteiger partial charge in [-0.15, -0.1) is 0 Å². The fourth-order valence-corrected chi connectivity index (χ4v) is 5.09. The molecule has 0 amide bonds. The van der Waals surface area contributed by atoms with Crippen LogP contribution in [-0.2, 0) is 10.0 Å². The maximum absolute atomic E-state index is 13.8. The molecule has 1 aromatic carbocycles. The van der Waals surface area contributed by atoms with Crippen LogP contribution in [0.25, 0.3) is 0 Å². The first-order valence-corrected chi connectivity index (χ1v) is 10.6. The molecule has 1 fully saturated rings. The summed E-state index contributed by atoms with van der Waals surface area (Å²) in [7, 11) is -3.47. The van der Waals surface area contributed by atoms with E-state index in [-0.39, 0.29) is 11.8 Å². The van der Waals surface area contributed by atoms with Crippen molar-refractivity contribution in [1.29, 1.82) is 0 Å². The predicted octanol–water partition coefficient (Wildman–Crippen LogP) is 2.55. The molecular formula is C19H21FN2O4S. The van der Waals surface area contributed by atoms with E-state index in [1.807, 2.05) is 19.1 Å². The number of hydrogen-bond donors (Lipinski definition) is 0. The van der Waals surface area contributed by atoms with Crippen LogP contribution < -0.4 is 9.47 Å². The molecule has 0 saturated carbocycles. The number of rotatable bonds is 4. The van der Waals surface area contributed by atoms with Crippen molar-refractivity contribution in [3.05, 3.63) is 53.5 Å². The lowest BCUT2D eigenvalue weighted by atomic mass is 9.86. The van der Waals surface area contributed by atoms with Gasteiger partial charge in [0.05, 0.1) is 25.5 Å². The van der Waals surface area contributed by atoms with Gasteiger partial charge in [-0.25, -0.2) is 17.8 Å². The largest absolute Gasteiger partial charge is 0.493 e. The van der Waals surface area contributed by atoms with Crippen molar-refractivity contribution in [2.45, 2.75) is 13.0 Å². The lowest BCUT2D eigenvalue weighted by molar-refractivity contribution is 0.134. The van der Waals surface area contributed by atoms with E-state index in [0.717, 1.165) is 5.69 Å². The number of benzene rings is 1. The third-order valence-corrected chi connectivity index (χ3v) is 6.42. The van der Waals surface area contributed by atoms with Crippen LogP contribution in [0.5, 0.6) is 11.6 Å². The fraction of sp³-hybridized carbons (Fsp3) is 0.421. The van der Waals surface area contributed by atoms with Gasteiger partial charge in [0.1, 0.15) is 11.6 Å². The third kappa shape index (κ3) is 3.51. The number of aromatic nitrogens is 1. The van der Waals surface area contributed by atoms with Crippen molar-refractivity contribution >= 4 is 10.0 Å². The number of aryl methyl sites for hydroxylation is 1. The number of ether oxygens (including phenoxy) is 2. The zero-order chi connectivity index (χ0) is 19.2. The van der Waals surface area contributed by atoms with E-state index >= 15 is 0 Å². The van der Waals surface area contributed by atoms with Gasteiger partial charge < -0.3 is 9.47 Å². The van der Waals surface area contributed by atoms with Gasteiger partial charge in [0.15, 0.2) is 0 Å². The quantitative estimate of drug-likeness (QED) is 0.800. The lowest BCUT2D eigenvalue weighted by Crippen LogP contribution is -2.35. The van der Waals surface area contributed by atoms with E-state index in [0.29, 0.717) is 37.0 Å². The zero-order valence-electron chi connectivity index (χ0n) is 15.1. The second-order valence-corrected chi connectivity index (χ2v) is 9.06. The van der Waals surface area contributed by atoms with Gasteiger partial charge in [-0.2, -0.15) is 4.31 Å². The highest BCUT2D eigenvalue weighted by molar-refractivity contribution is 7.88. The maximum atomic E-state index is 13.8. The van der Waals surface area contributed by atoms with E-state index in [1.165, 1.54) is 22.7 Å². The summed E-state index contributed by atoms with van der Waals surface area (Å²) >= 11 is 0. The van der Waals surface area contributed by atoms with E-state index in [1.54, 1.807) is 12.1 Å². The molecular weight excluding hydrogens is 371 g/mol. The van der Waals surface area contributed by atoms with Crippen molar-refractivity contribution in [2.24, 2.45) is 11.8 Å². The minimum atomic E-state index is -3.47. The average Bonchev–Trinajstić information content (AvgIpc) is 2.99. The Balaban J connectivity index is 1.63. The van der Waals surface area contributed by atoms with Gasteiger partial charge in [-0.05, 0) is 31.2 Å². The highest BCUT2D eigenvalue weighted by Crippen LogP contribution is 2.48. The summed E-state index contributed by atoms with van der Waals surface area (Å²) in [5.74, 6) is 0.443. The van der Waals surface area contributed by atoms with Crippen molar-refractivity contribution in [1.82, 2.24) is 9.29 Å². The molecule has 0 bridgehead atoms. The highest BCUT2D eigenvalue weighted by atomic mass is 32.2. The number of fused-ring (bicyclic) bond motifs is 3. The molecule has 0 unspecified atom stereocenters. The monoisotopic (exact) mass is 392 g/mol. The molecule has 4 rings (SSSR count). The van der Waals surface area contributed by atoms with Crippen molar-refractivity contribution in [2.75, 3.05) is 26.0 Å². The molecule has 27 heavy (non-hydrogen) atoms. The predicted molar refractivity (Wildman–Crippen MR) is 97.6 cm³/mol. The number of nitrogens with zero attached hydrogens (tertiary/aromatic N) is 2. The van der Waals surface area contributed by atoms with Gasteiger partial charge in [0.2, 0.25) is 15.9 Å². The topological polar surface area (TPSA) is 68.7 Å². The van der Waals surface area contributed by atoms with E-state index in [2.05, 4.69) is 4.98 Å². The molecule has 2 aliphatic heterocycles. The number of hydrogen-bond acceptors (Lipinski definition) is 5. The minimum Gasteiger partial charge on any atom is -0.493 e. The van der Waals surface area contributed by atoms with Crippen LogP contribution in [-0.4, -0.2) is 43.7 Å². The molecule has 0 N–H and O–H groups in total. The second-order valence-electron chi connectivity index (χ2n) is 7.12. The molecule has 3 atom stereocenters. The Labute approximate surface area is 158 Å². The second kappa shape index (κ2) is 6.76. The Bertz CT molecular complexity index is 966. The van der Waals surface area contributed by atoms with Crippen LogP contribution in [0.3, 0.4) is 0 Å². The van der Waals surface area contributed by atoms with E-state index in [4.69, 9.17) is 9.47 Å². The van der Waals surface area contributed by atoms with Crippen molar-refractivity contribution in [3.8, 4) is 11.6 Å². The number of halogens is 1. The molecule has 144 valence electrons. The summed E-state index contributed by atoms with van der Waals surface area (Å²) in [6, 6.07) is 9.32. The van der Waals surface area contributed by atoms with Crippen LogP contribution in [0.15, 0.2) is 36.4 Å². The normalized spacial score (nSPS) is 24.8. The molecule has 1 aromatic heterocycles. The average molecular weight is 392 g/mol. The summed E-state index contributed by atoms with van der Waals surface area (Å²) in [5.41, 5.74) is 1.42.